The molecule has 1 amide bonds. The summed E-state index contributed by atoms with van der Waals surface area (Å²) in [5.74, 6) is -0.512. The summed E-state index contributed by atoms with van der Waals surface area (Å²) in [7, 11) is 0. The summed E-state index contributed by atoms with van der Waals surface area (Å²) in [5.41, 5.74) is 4.20. The first kappa shape index (κ1) is 16.7. The second kappa shape index (κ2) is 6.80. The van der Waals surface area contributed by atoms with Gasteiger partial charge in [-0.05, 0) is 57.4 Å². The van der Waals surface area contributed by atoms with E-state index in [1.165, 1.54) is 44.2 Å². The van der Waals surface area contributed by atoms with Gasteiger partial charge in [0.1, 0.15) is 5.82 Å². The van der Waals surface area contributed by atoms with E-state index < -0.39 is 0 Å². The topological polar surface area (TPSA) is 34.0 Å². The first-order chi connectivity index (χ1) is 11.5. The molecule has 3 nitrogen and oxygen atoms in total. The predicted molar refractivity (Wildman–Crippen MR) is 95.1 cm³/mol. The highest BCUT2D eigenvalue weighted by molar-refractivity contribution is 6.05. The van der Waals surface area contributed by atoms with Gasteiger partial charge in [-0.15, -0.1) is 0 Å². The lowest BCUT2D eigenvalue weighted by Crippen LogP contribution is -2.17. The average molecular weight is 328 g/mol. The zero-order valence-electron chi connectivity index (χ0n) is 14.7. The Bertz CT molecular complexity index is 757. The number of anilines is 1. The summed E-state index contributed by atoms with van der Waals surface area (Å²) in [6.07, 6.45) is 6.18. The Balaban J connectivity index is 1.86. The standard InChI is InChI=1S/C20H25FN2O/c1-13-9-10-16(21)12-19(13)22-20(24)18-11-14(2)23(15(18)3)17-7-5-4-6-8-17/h9-12,17H,4-8H2,1-3H3,(H,22,24). The van der Waals surface area contributed by atoms with Gasteiger partial charge in [0, 0.05) is 23.1 Å². The summed E-state index contributed by atoms with van der Waals surface area (Å²) in [6, 6.07) is 6.90. The van der Waals surface area contributed by atoms with Gasteiger partial charge in [0.2, 0.25) is 0 Å². The van der Waals surface area contributed by atoms with Gasteiger partial charge >= 0.3 is 0 Å². The van der Waals surface area contributed by atoms with E-state index >= 15 is 0 Å². The molecule has 0 unspecified atom stereocenters. The minimum Gasteiger partial charge on any atom is -0.345 e. The number of amides is 1. The SMILES string of the molecule is Cc1ccc(F)cc1NC(=O)c1cc(C)n(C2CCCCC2)c1C. The molecule has 128 valence electrons. The van der Waals surface area contributed by atoms with E-state index in [1.54, 1.807) is 6.07 Å². The summed E-state index contributed by atoms with van der Waals surface area (Å²) < 4.78 is 15.7. The van der Waals surface area contributed by atoms with E-state index in [2.05, 4.69) is 16.8 Å². The first-order valence-corrected chi connectivity index (χ1v) is 8.73. The van der Waals surface area contributed by atoms with E-state index in [4.69, 9.17) is 0 Å². The van der Waals surface area contributed by atoms with Crippen LogP contribution in [0.1, 0.15) is 65.5 Å². The van der Waals surface area contributed by atoms with Crippen molar-refractivity contribution < 1.29 is 9.18 Å². The van der Waals surface area contributed by atoms with Crippen LogP contribution in [0.15, 0.2) is 24.3 Å². The third-order valence-corrected chi connectivity index (χ3v) is 5.12. The fraction of sp³-hybridized carbons (Fsp3) is 0.450. The molecular formula is C20H25FN2O. The van der Waals surface area contributed by atoms with Crippen molar-refractivity contribution in [1.82, 2.24) is 4.57 Å². The number of carbonyl (C=O) groups is 1. The van der Waals surface area contributed by atoms with E-state index in [0.717, 1.165) is 17.0 Å². The van der Waals surface area contributed by atoms with E-state index in [1.807, 2.05) is 19.9 Å². The molecule has 0 aliphatic heterocycles. The van der Waals surface area contributed by atoms with Crippen LogP contribution in [0.2, 0.25) is 0 Å². The fourth-order valence-electron chi connectivity index (χ4n) is 3.83. The molecule has 0 atom stereocenters. The molecule has 24 heavy (non-hydrogen) atoms. The van der Waals surface area contributed by atoms with Crippen LogP contribution in [0.3, 0.4) is 0 Å². The molecule has 1 heterocycles. The lowest BCUT2D eigenvalue weighted by molar-refractivity contribution is 0.102. The number of nitrogens with one attached hydrogen (secondary N) is 1. The molecule has 1 fully saturated rings. The number of carbonyl (C=O) groups excluding carboxylic acids is 1. The van der Waals surface area contributed by atoms with Gasteiger partial charge in [-0.1, -0.05) is 25.3 Å². The van der Waals surface area contributed by atoms with Crippen LogP contribution < -0.4 is 5.32 Å². The summed E-state index contributed by atoms with van der Waals surface area (Å²) in [6.45, 7) is 5.93. The largest absolute Gasteiger partial charge is 0.345 e. The van der Waals surface area contributed by atoms with Crippen LogP contribution in [0.25, 0.3) is 0 Å². The molecule has 2 aromatic rings. The zero-order valence-corrected chi connectivity index (χ0v) is 14.7. The molecule has 1 saturated carbocycles. The van der Waals surface area contributed by atoms with Gasteiger partial charge in [-0.25, -0.2) is 4.39 Å². The highest BCUT2D eigenvalue weighted by atomic mass is 19.1. The van der Waals surface area contributed by atoms with Gasteiger partial charge in [0.25, 0.3) is 5.91 Å². The maximum Gasteiger partial charge on any atom is 0.257 e. The third-order valence-electron chi connectivity index (χ3n) is 5.12. The molecule has 4 heteroatoms. The summed E-state index contributed by atoms with van der Waals surface area (Å²) >= 11 is 0. The van der Waals surface area contributed by atoms with Crippen molar-refractivity contribution in [1.29, 1.82) is 0 Å². The fourth-order valence-corrected chi connectivity index (χ4v) is 3.83. The molecule has 3 rings (SSSR count). The van der Waals surface area contributed by atoms with Crippen molar-refractivity contribution >= 4 is 11.6 Å². The number of nitrogens with zero attached hydrogens (tertiary/aromatic N) is 1. The van der Waals surface area contributed by atoms with Crippen LogP contribution in [0.5, 0.6) is 0 Å². The molecule has 0 spiro atoms. The number of aromatic nitrogens is 1. The predicted octanol–water partition coefficient (Wildman–Crippen LogP) is 5.31. The Labute approximate surface area is 142 Å². The number of hydrogen-bond donors (Lipinski definition) is 1. The lowest BCUT2D eigenvalue weighted by atomic mass is 9.95. The van der Waals surface area contributed by atoms with Crippen LogP contribution >= 0.6 is 0 Å². The molecule has 0 saturated heterocycles. The molecule has 0 bridgehead atoms. The molecule has 1 N–H and O–H groups in total. The smallest absolute Gasteiger partial charge is 0.257 e. The molecule has 1 aromatic heterocycles. The van der Waals surface area contributed by atoms with Gasteiger partial charge < -0.3 is 9.88 Å². The first-order valence-electron chi connectivity index (χ1n) is 8.73. The molecule has 1 aromatic carbocycles. The third kappa shape index (κ3) is 3.23. The van der Waals surface area contributed by atoms with Crippen molar-refractivity contribution in [2.45, 2.75) is 58.9 Å². The Morgan fingerprint density at radius 1 is 1.12 bits per heavy atom. The molecule has 0 radical (unpaired) electrons. The van der Waals surface area contributed by atoms with Gasteiger partial charge in [0.05, 0.1) is 5.56 Å². The minimum absolute atomic E-state index is 0.168. The van der Waals surface area contributed by atoms with E-state index in [-0.39, 0.29) is 11.7 Å². The van der Waals surface area contributed by atoms with Crippen molar-refractivity contribution in [3.05, 3.63) is 52.6 Å². The second-order valence-corrected chi connectivity index (χ2v) is 6.86. The second-order valence-electron chi connectivity index (χ2n) is 6.86. The van der Waals surface area contributed by atoms with Crippen molar-refractivity contribution in [3.8, 4) is 0 Å². The van der Waals surface area contributed by atoms with Crippen LogP contribution in [0, 0.1) is 26.6 Å². The van der Waals surface area contributed by atoms with Gasteiger partial charge in [-0.2, -0.15) is 0 Å². The minimum atomic E-state index is -0.344. The van der Waals surface area contributed by atoms with Gasteiger partial charge in [-0.3, -0.25) is 4.79 Å². The highest BCUT2D eigenvalue weighted by Gasteiger charge is 2.22. The molecular weight excluding hydrogens is 303 g/mol. The maximum atomic E-state index is 13.4. The average Bonchev–Trinajstić information content (AvgIpc) is 2.86. The van der Waals surface area contributed by atoms with Crippen LogP contribution in [-0.2, 0) is 0 Å². The monoisotopic (exact) mass is 328 g/mol. The van der Waals surface area contributed by atoms with Crippen LogP contribution in [-0.4, -0.2) is 10.5 Å². The highest BCUT2D eigenvalue weighted by Crippen LogP contribution is 2.32. The number of aryl methyl sites for hydroxylation is 2. The molecule has 1 aliphatic carbocycles. The van der Waals surface area contributed by atoms with Crippen molar-refractivity contribution in [2.75, 3.05) is 5.32 Å². The van der Waals surface area contributed by atoms with Crippen LogP contribution in [0.4, 0.5) is 10.1 Å². The Morgan fingerprint density at radius 3 is 2.54 bits per heavy atom. The van der Waals surface area contributed by atoms with E-state index in [0.29, 0.717) is 17.3 Å². The Hall–Kier alpha value is -2.10. The summed E-state index contributed by atoms with van der Waals surface area (Å²) in [4.78, 5) is 12.7. The number of hydrogen-bond acceptors (Lipinski definition) is 1. The number of halogens is 1. The summed E-state index contributed by atoms with van der Waals surface area (Å²) in [5, 5.41) is 2.86. The maximum absolute atomic E-state index is 13.4. The Morgan fingerprint density at radius 2 is 1.83 bits per heavy atom. The zero-order chi connectivity index (χ0) is 17.3. The van der Waals surface area contributed by atoms with E-state index in [9.17, 15) is 9.18 Å². The van der Waals surface area contributed by atoms with Crippen molar-refractivity contribution in [3.63, 3.8) is 0 Å². The normalized spacial score (nSPS) is 15.5. The number of benzene rings is 1. The van der Waals surface area contributed by atoms with Crippen molar-refractivity contribution in [2.24, 2.45) is 0 Å². The Kier molecular flexibility index (Phi) is 4.74. The lowest BCUT2D eigenvalue weighted by Gasteiger charge is -2.26. The quantitative estimate of drug-likeness (QED) is 0.814. The van der Waals surface area contributed by atoms with Gasteiger partial charge in [0.15, 0.2) is 0 Å². The number of rotatable bonds is 3. The molecule has 1 aliphatic rings.